The molecule has 1 aromatic carbocycles. The van der Waals surface area contributed by atoms with Gasteiger partial charge < -0.3 is 9.64 Å². The third kappa shape index (κ3) is 5.71. The summed E-state index contributed by atoms with van der Waals surface area (Å²) in [6.07, 6.45) is 9.08. The molecule has 7 rings (SSSR count). The Kier molecular flexibility index (Phi) is 8.00. The number of nitrogens with zero attached hydrogens (tertiary/aromatic N) is 4. The molecule has 10 nitrogen and oxygen atoms in total. The number of amides is 2. The average molecular weight is 588 g/mol. The molecule has 2 unspecified atom stereocenters. The minimum atomic E-state index is -0.297. The second-order valence-corrected chi connectivity index (χ2v) is 12.7. The van der Waals surface area contributed by atoms with Crippen molar-refractivity contribution in [2.45, 2.75) is 62.7 Å². The van der Waals surface area contributed by atoms with Crippen LogP contribution in [0.25, 0.3) is 0 Å². The lowest BCUT2D eigenvalue weighted by Gasteiger charge is -2.36. The Morgan fingerprint density at radius 1 is 1.02 bits per heavy atom. The van der Waals surface area contributed by atoms with E-state index >= 15 is 0 Å². The van der Waals surface area contributed by atoms with Crippen molar-refractivity contribution >= 4 is 28.3 Å². The molecular formula is C31H37N7O3S. The van der Waals surface area contributed by atoms with Gasteiger partial charge in [-0.1, -0.05) is 12.1 Å². The van der Waals surface area contributed by atoms with Crippen LogP contribution in [0, 0.1) is 0 Å². The normalized spacial score (nSPS) is 26.2. The zero-order valence-corrected chi connectivity index (χ0v) is 24.4. The van der Waals surface area contributed by atoms with Crippen LogP contribution in [0.15, 0.2) is 48.8 Å². The largest absolute Gasteiger partial charge is 0.379 e. The Hall–Kier alpha value is -3.22. The maximum absolute atomic E-state index is 13.6. The monoisotopic (exact) mass is 587 g/mol. The van der Waals surface area contributed by atoms with E-state index in [4.69, 9.17) is 9.72 Å². The third-order valence-corrected chi connectivity index (χ3v) is 10.1. The lowest BCUT2D eigenvalue weighted by Crippen LogP contribution is -2.45. The molecule has 1 aliphatic carbocycles. The van der Waals surface area contributed by atoms with Crippen LogP contribution < -0.4 is 16.2 Å². The van der Waals surface area contributed by atoms with Crippen LogP contribution in [-0.4, -0.2) is 76.5 Å². The minimum Gasteiger partial charge on any atom is -0.379 e. The van der Waals surface area contributed by atoms with Gasteiger partial charge >= 0.3 is 0 Å². The van der Waals surface area contributed by atoms with Gasteiger partial charge in [0.15, 0.2) is 5.13 Å². The van der Waals surface area contributed by atoms with E-state index in [1.165, 1.54) is 4.88 Å². The van der Waals surface area contributed by atoms with Gasteiger partial charge in [-0.3, -0.25) is 24.8 Å². The number of hydrazine groups is 1. The molecule has 3 saturated heterocycles. The highest BCUT2D eigenvalue weighted by Gasteiger charge is 2.38. The smallest absolute Gasteiger partial charge is 0.257 e. The summed E-state index contributed by atoms with van der Waals surface area (Å²) in [5.74, 6) is -0.0643. The molecule has 4 aliphatic rings. The molecule has 2 aromatic heterocycles. The first-order valence-corrected chi connectivity index (χ1v) is 15.9. The summed E-state index contributed by atoms with van der Waals surface area (Å²) in [6, 6.07) is 11.9. The number of ether oxygens (including phenoxy) is 1. The molecule has 4 atom stereocenters. The number of carbonyl (C=O) groups is 2. The lowest BCUT2D eigenvalue weighted by molar-refractivity contribution is -0.134. The predicted molar refractivity (Wildman–Crippen MR) is 160 cm³/mol. The number of rotatable bonds is 6. The van der Waals surface area contributed by atoms with Crippen molar-refractivity contribution in [1.82, 2.24) is 30.6 Å². The summed E-state index contributed by atoms with van der Waals surface area (Å²) in [6.45, 7) is 4.31. The Morgan fingerprint density at radius 2 is 1.88 bits per heavy atom. The first kappa shape index (κ1) is 27.6. The van der Waals surface area contributed by atoms with Crippen molar-refractivity contribution < 1.29 is 14.3 Å². The minimum absolute atomic E-state index is 0.0451. The SMILES string of the molecule is O=C(Nc1nc2c(s1)C[C@@H](N1CCOCC1)CC2)c1cccc([C@H]2CCCN2C(=O)C2CC(c3ccncc3)NN2)c1. The van der Waals surface area contributed by atoms with Crippen molar-refractivity contribution in [1.29, 1.82) is 0 Å². The lowest BCUT2D eigenvalue weighted by atomic mass is 9.96. The number of carbonyl (C=O) groups excluding carboxylic acids is 2. The average Bonchev–Trinajstić information content (AvgIpc) is 3.81. The predicted octanol–water partition coefficient (Wildman–Crippen LogP) is 3.25. The number of nitrogens with one attached hydrogen (secondary N) is 3. The fourth-order valence-corrected chi connectivity index (χ4v) is 7.91. The molecule has 2 amide bonds. The highest BCUT2D eigenvalue weighted by atomic mass is 32.1. The summed E-state index contributed by atoms with van der Waals surface area (Å²) >= 11 is 1.60. The van der Waals surface area contributed by atoms with E-state index in [2.05, 4.69) is 26.1 Å². The number of likely N-dealkylation sites (tertiary alicyclic amines) is 1. The fraction of sp³-hybridized carbons (Fsp3) is 0.484. The van der Waals surface area contributed by atoms with E-state index < -0.39 is 0 Å². The summed E-state index contributed by atoms with van der Waals surface area (Å²) in [7, 11) is 0. The van der Waals surface area contributed by atoms with Gasteiger partial charge in [0.2, 0.25) is 5.91 Å². The molecule has 0 spiro atoms. The zero-order valence-electron chi connectivity index (χ0n) is 23.6. The van der Waals surface area contributed by atoms with Crippen molar-refractivity contribution in [2.75, 3.05) is 38.2 Å². The Balaban J connectivity index is 0.997. The highest BCUT2D eigenvalue weighted by Crippen LogP contribution is 2.35. The number of morpholine rings is 1. The highest BCUT2D eigenvalue weighted by molar-refractivity contribution is 7.15. The standard InChI is InChI=1S/C31H37N7O3S/c39-29(34-31-33-24-7-6-23(18-28(24)42-31)37-13-15-41-16-14-37)22-4-1-3-21(17-22)27-5-2-12-38(27)30(40)26-19-25(35-36-26)20-8-10-32-11-9-20/h1,3-4,8-11,17,23,25-27,35-36H,2,5-7,12-16,18-19H2,(H,33,34,39)/t23-,25?,26?,27+/m0/s1. The molecule has 3 aliphatic heterocycles. The number of anilines is 1. The van der Waals surface area contributed by atoms with E-state index in [9.17, 15) is 9.59 Å². The molecule has 0 bridgehead atoms. The number of hydrogen-bond acceptors (Lipinski definition) is 9. The second kappa shape index (κ2) is 12.2. The molecule has 5 heterocycles. The topological polar surface area (TPSA) is 112 Å². The van der Waals surface area contributed by atoms with Gasteiger partial charge in [0, 0.05) is 54.6 Å². The number of aryl methyl sites for hydroxylation is 1. The van der Waals surface area contributed by atoms with Gasteiger partial charge in [-0.2, -0.15) is 0 Å². The van der Waals surface area contributed by atoms with Crippen LogP contribution in [-0.2, 0) is 22.4 Å². The number of thiazole rings is 1. The molecule has 0 radical (unpaired) electrons. The van der Waals surface area contributed by atoms with E-state index in [1.54, 1.807) is 23.7 Å². The van der Waals surface area contributed by atoms with Crippen molar-refractivity contribution in [3.8, 4) is 0 Å². The zero-order chi connectivity index (χ0) is 28.5. The Morgan fingerprint density at radius 3 is 2.74 bits per heavy atom. The first-order valence-electron chi connectivity index (χ1n) is 15.1. The van der Waals surface area contributed by atoms with Crippen LogP contribution in [0.4, 0.5) is 5.13 Å². The van der Waals surface area contributed by atoms with Gasteiger partial charge in [0.1, 0.15) is 6.04 Å². The van der Waals surface area contributed by atoms with Gasteiger partial charge in [-0.25, -0.2) is 15.8 Å². The molecule has 42 heavy (non-hydrogen) atoms. The summed E-state index contributed by atoms with van der Waals surface area (Å²) in [5.41, 5.74) is 10.3. The summed E-state index contributed by atoms with van der Waals surface area (Å²) in [5, 5.41) is 3.72. The van der Waals surface area contributed by atoms with Crippen molar-refractivity contribution in [3.63, 3.8) is 0 Å². The molecule has 3 N–H and O–H groups in total. The Bertz CT molecular complexity index is 1430. The number of pyridine rings is 1. The van der Waals surface area contributed by atoms with Crippen molar-refractivity contribution in [2.24, 2.45) is 0 Å². The van der Waals surface area contributed by atoms with Crippen LogP contribution >= 0.6 is 11.3 Å². The van der Waals surface area contributed by atoms with Gasteiger partial charge in [0.25, 0.3) is 5.91 Å². The third-order valence-electron chi connectivity index (χ3n) is 9.08. The number of aromatic nitrogens is 2. The molecule has 11 heteroatoms. The van der Waals surface area contributed by atoms with Gasteiger partial charge in [-0.15, -0.1) is 11.3 Å². The quantitative estimate of drug-likeness (QED) is 0.403. The molecule has 0 saturated carbocycles. The van der Waals surface area contributed by atoms with Crippen LogP contribution in [0.1, 0.15) is 69.8 Å². The maximum Gasteiger partial charge on any atom is 0.257 e. The van der Waals surface area contributed by atoms with Gasteiger partial charge in [-0.05, 0) is 73.9 Å². The van der Waals surface area contributed by atoms with Crippen LogP contribution in [0.2, 0.25) is 0 Å². The van der Waals surface area contributed by atoms with E-state index in [0.29, 0.717) is 29.7 Å². The van der Waals surface area contributed by atoms with Crippen molar-refractivity contribution in [3.05, 3.63) is 76.1 Å². The summed E-state index contributed by atoms with van der Waals surface area (Å²) in [4.78, 5) is 41.6. The van der Waals surface area contributed by atoms with Crippen LogP contribution in [0.3, 0.4) is 0 Å². The molecular weight excluding hydrogens is 550 g/mol. The summed E-state index contributed by atoms with van der Waals surface area (Å²) < 4.78 is 5.53. The Labute approximate surface area is 249 Å². The van der Waals surface area contributed by atoms with E-state index in [-0.39, 0.29) is 29.9 Å². The first-order chi connectivity index (χ1) is 20.6. The molecule has 3 aromatic rings. The van der Waals surface area contributed by atoms with E-state index in [1.807, 2.05) is 41.3 Å². The number of fused-ring (bicyclic) bond motifs is 1. The molecule has 220 valence electrons. The molecule has 3 fully saturated rings. The second-order valence-electron chi connectivity index (χ2n) is 11.6. The van der Waals surface area contributed by atoms with E-state index in [0.717, 1.165) is 75.2 Å². The van der Waals surface area contributed by atoms with Gasteiger partial charge in [0.05, 0.1) is 24.9 Å². The van der Waals surface area contributed by atoms with Crippen LogP contribution in [0.5, 0.6) is 0 Å². The number of hydrogen-bond donors (Lipinski definition) is 3. The number of benzene rings is 1. The fourth-order valence-electron chi connectivity index (χ4n) is 6.83. The maximum atomic E-state index is 13.6.